The lowest BCUT2D eigenvalue weighted by atomic mass is 9.92. The van der Waals surface area contributed by atoms with Crippen molar-refractivity contribution in [1.82, 2.24) is 9.60 Å². The first-order chi connectivity index (χ1) is 18.8. The van der Waals surface area contributed by atoms with Crippen LogP contribution in [0, 0.1) is 11.3 Å². The number of methoxy groups -OCH3 is 2. The van der Waals surface area contributed by atoms with E-state index in [-0.39, 0.29) is 13.1 Å². The van der Waals surface area contributed by atoms with Crippen LogP contribution in [0.3, 0.4) is 0 Å². The van der Waals surface area contributed by atoms with Crippen LogP contribution in [0.5, 0.6) is 11.5 Å². The number of Topliss-reactive ketones (excluding diaryl/α,β-unsaturated/α-hetero) is 1. The van der Waals surface area contributed by atoms with E-state index in [1.54, 1.807) is 36.4 Å². The predicted octanol–water partition coefficient (Wildman–Crippen LogP) is 3.61. The molecule has 0 unspecified atom stereocenters. The highest BCUT2D eigenvalue weighted by Gasteiger charge is 2.62. The normalized spacial score (nSPS) is 27.1. The van der Waals surface area contributed by atoms with Crippen molar-refractivity contribution in [3.8, 4) is 11.5 Å². The molecule has 2 aromatic rings. The number of ether oxygens (including phenoxy) is 3. The number of carboxylic acids is 1. The molecule has 10 nitrogen and oxygen atoms in total. The van der Waals surface area contributed by atoms with E-state index in [1.165, 1.54) is 26.2 Å². The molecule has 0 bridgehead atoms. The van der Waals surface area contributed by atoms with Gasteiger partial charge in [0.25, 0.3) is 0 Å². The molecule has 2 aliphatic heterocycles. The summed E-state index contributed by atoms with van der Waals surface area (Å²) in [7, 11) is 3.03. The van der Waals surface area contributed by atoms with Crippen LogP contribution in [0.25, 0.3) is 0 Å². The summed E-state index contributed by atoms with van der Waals surface area (Å²) in [6, 6.07) is 8.90. The number of aliphatic hydroxyl groups excluding tert-OH is 1. The van der Waals surface area contributed by atoms with Gasteiger partial charge in [-0.3, -0.25) is 9.59 Å². The zero-order chi connectivity index (χ0) is 29.6. The van der Waals surface area contributed by atoms with Crippen molar-refractivity contribution < 1.29 is 38.8 Å². The molecule has 11 heteroatoms. The molecule has 2 aromatic carbocycles. The first-order valence-corrected chi connectivity index (χ1v) is 13.4. The summed E-state index contributed by atoms with van der Waals surface area (Å²) in [5.74, 6) is -2.54. The number of fused-ring (bicyclic) bond motifs is 1. The minimum atomic E-state index is -1.45. The Morgan fingerprint density at radius 2 is 1.85 bits per heavy atom. The first-order valence-electron chi connectivity index (χ1n) is 13.0. The van der Waals surface area contributed by atoms with Crippen molar-refractivity contribution in [2.75, 3.05) is 33.9 Å². The Labute approximate surface area is 238 Å². The lowest BCUT2D eigenvalue weighted by Crippen LogP contribution is -2.71. The maximum Gasteiger partial charge on any atom is 0.363 e. The van der Waals surface area contributed by atoms with Crippen LogP contribution in [0.2, 0.25) is 5.02 Å². The van der Waals surface area contributed by atoms with Crippen molar-refractivity contribution in [1.29, 1.82) is 0 Å². The van der Waals surface area contributed by atoms with Gasteiger partial charge in [-0.15, -0.1) is 9.60 Å². The molecule has 4 rings (SSSR count). The monoisotopic (exact) mass is 575 g/mol. The summed E-state index contributed by atoms with van der Waals surface area (Å²) in [5.41, 5.74) is 1.05. The second-order valence-corrected chi connectivity index (χ2v) is 11.9. The van der Waals surface area contributed by atoms with Crippen molar-refractivity contribution in [2.24, 2.45) is 11.3 Å². The van der Waals surface area contributed by atoms with E-state index in [1.807, 2.05) is 20.8 Å². The van der Waals surface area contributed by atoms with E-state index >= 15 is 0 Å². The number of aliphatic hydroxyl groups is 1. The number of nitrogens with zero attached hydrogens (tertiary/aromatic N) is 2. The molecule has 0 radical (unpaired) electrons. The minimum Gasteiger partial charge on any atom is -0.493 e. The van der Waals surface area contributed by atoms with Crippen molar-refractivity contribution in [3.63, 3.8) is 0 Å². The van der Waals surface area contributed by atoms with Gasteiger partial charge in [-0.25, -0.2) is 4.79 Å². The third-order valence-electron chi connectivity index (χ3n) is 7.49. The number of amides is 1. The van der Waals surface area contributed by atoms with E-state index in [0.717, 1.165) is 0 Å². The summed E-state index contributed by atoms with van der Waals surface area (Å²) >= 11 is 6.51. The van der Waals surface area contributed by atoms with E-state index < -0.39 is 58.4 Å². The Kier molecular flexibility index (Phi) is 8.31. The molecule has 0 saturated carbocycles. The van der Waals surface area contributed by atoms with Gasteiger partial charge in [0.1, 0.15) is 18.4 Å². The van der Waals surface area contributed by atoms with Crippen molar-refractivity contribution in [3.05, 3.63) is 52.5 Å². The van der Waals surface area contributed by atoms with Crippen molar-refractivity contribution in [2.45, 2.75) is 45.9 Å². The van der Waals surface area contributed by atoms with Crippen molar-refractivity contribution >= 4 is 34.9 Å². The molecule has 2 aliphatic rings. The second-order valence-electron chi connectivity index (χ2n) is 11.5. The Morgan fingerprint density at radius 1 is 1.15 bits per heavy atom. The molecule has 0 spiro atoms. The molecule has 40 heavy (non-hydrogen) atoms. The molecule has 5 atom stereocenters. The van der Waals surface area contributed by atoms with Crippen LogP contribution in [-0.2, 0) is 19.1 Å². The fraction of sp³-hybridized carbons (Fsp3) is 0.483. The smallest absolute Gasteiger partial charge is 0.363 e. The molecule has 1 saturated heterocycles. The average Bonchev–Trinajstić information content (AvgIpc) is 3.19. The number of carboxylic acid groups (broad SMARTS) is 1. The molecule has 1 amide bonds. The number of benzene rings is 2. The third-order valence-corrected chi connectivity index (χ3v) is 7.72. The van der Waals surface area contributed by atoms with Crippen LogP contribution in [0.1, 0.15) is 44.9 Å². The lowest BCUT2D eigenvalue weighted by molar-refractivity contribution is -0.166. The van der Waals surface area contributed by atoms with E-state index in [0.29, 0.717) is 33.3 Å². The fourth-order valence-corrected chi connectivity index (χ4v) is 6.29. The Balaban J connectivity index is 2.06. The number of aliphatic carboxylic acids is 1. The molecular formula is C29H36ClN2O8+. The number of hydrogen-bond donors (Lipinski definition) is 2. The van der Waals surface area contributed by atoms with E-state index in [2.05, 4.69) is 0 Å². The zero-order valence-corrected chi connectivity index (χ0v) is 24.3. The SMILES string of the molecule is COc1cccc([C@H]2OCC(=O)[N@@+](CC(C)(C)C)(N3C[C@H](O)[C@@H](C(C)=O)[C@H]3C(=O)O)c3ccc(Cl)cc32)c1OC. The van der Waals surface area contributed by atoms with Crippen LogP contribution in [0.15, 0.2) is 36.4 Å². The zero-order valence-electron chi connectivity index (χ0n) is 23.5. The topological polar surface area (TPSA) is 123 Å². The standard InChI is InChI=1S/C29H35ClN2O8/c1-16(33)24-21(34)13-31(25(24)28(36)37)32(15-29(2,3)4)20-11-10-17(30)12-19(20)26(40-14-23(32)35)18-8-7-9-22(38-5)27(18)39-6/h7-12,21,24-26,34H,13-15H2,1-6H3/p+1/t21-,24+,25-,26+,32-/m0/s1. The number of carbonyl (C=O) groups is 3. The number of ketones is 1. The molecule has 2 N–H and O–H groups in total. The van der Waals surface area contributed by atoms with Gasteiger partial charge in [-0.2, -0.15) is 0 Å². The van der Waals surface area contributed by atoms with Gasteiger partial charge in [-0.1, -0.05) is 44.5 Å². The molecule has 2 heterocycles. The highest BCUT2D eigenvalue weighted by atomic mass is 35.5. The maximum atomic E-state index is 14.4. The third kappa shape index (κ3) is 5.10. The largest absolute Gasteiger partial charge is 0.493 e. The van der Waals surface area contributed by atoms with Gasteiger partial charge < -0.3 is 24.4 Å². The van der Waals surface area contributed by atoms with Crippen LogP contribution >= 0.6 is 11.6 Å². The molecular weight excluding hydrogens is 540 g/mol. The number of quaternary nitrogens is 1. The lowest BCUT2D eigenvalue weighted by Gasteiger charge is -2.45. The molecule has 216 valence electrons. The number of β-amino-alcohol motifs (C(OH)–C–C–N with tert-alkyl or cyclic N) is 1. The Morgan fingerprint density at radius 3 is 2.42 bits per heavy atom. The number of hydrogen-bond acceptors (Lipinski definition) is 8. The number of para-hydroxylation sites is 1. The quantitative estimate of drug-likeness (QED) is 0.477. The minimum absolute atomic E-state index is 0.132. The summed E-state index contributed by atoms with van der Waals surface area (Å²) in [6.07, 6.45) is -2.11. The number of carbonyl (C=O) groups excluding carboxylic acids is 2. The summed E-state index contributed by atoms with van der Waals surface area (Å²) < 4.78 is 16.9. The Hall–Kier alpha value is -3.02. The van der Waals surface area contributed by atoms with Crippen LogP contribution in [-0.4, -0.2) is 78.9 Å². The summed E-state index contributed by atoms with van der Waals surface area (Å²) in [5, 5.41) is 23.1. The molecule has 1 fully saturated rings. The van der Waals surface area contributed by atoms with Gasteiger partial charge >= 0.3 is 11.9 Å². The van der Waals surface area contributed by atoms with E-state index in [4.69, 9.17) is 25.8 Å². The molecule has 0 aliphatic carbocycles. The second kappa shape index (κ2) is 11.1. The van der Waals surface area contributed by atoms with Gasteiger partial charge in [0.2, 0.25) is 0 Å². The average molecular weight is 576 g/mol. The van der Waals surface area contributed by atoms with Gasteiger partial charge in [0, 0.05) is 22.1 Å². The number of halogens is 1. The van der Waals surface area contributed by atoms with Crippen LogP contribution < -0.4 is 14.1 Å². The molecule has 0 aromatic heterocycles. The number of rotatable bonds is 7. The highest BCUT2D eigenvalue weighted by molar-refractivity contribution is 6.30. The van der Waals surface area contributed by atoms with Crippen LogP contribution in [0.4, 0.5) is 5.69 Å². The summed E-state index contributed by atoms with van der Waals surface area (Å²) in [4.78, 5) is 39.7. The van der Waals surface area contributed by atoms with Gasteiger partial charge in [0.05, 0.1) is 38.3 Å². The highest BCUT2D eigenvalue weighted by Crippen LogP contribution is 2.48. The summed E-state index contributed by atoms with van der Waals surface area (Å²) in [6.45, 7) is 6.61. The van der Waals surface area contributed by atoms with Gasteiger partial charge in [-0.05, 0) is 25.1 Å². The van der Waals surface area contributed by atoms with Gasteiger partial charge in [0.15, 0.2) is 29.8 Å². The fourth-order valence-electron chi connectivity index (χ4n) is 6.11. The van der Waals surface area contributed by atoms with E-state index in [9.17, 15) is 24.6 Å². The maximum absolute atomic E-state index is 14.4. The predicted molar refractivity (Wildman–Crippen MR) is 148 cm³/mol. The Bertz CT molecular complexity index is 1330. The first kappa shape index (κ1) is 30.0.